The predicted molar refractivity (Wildman–Crippen MR) is 64.7 cm³/mol. The van der Waals surface area contributed by atoms with Gasteiger partial charge in [-0.1, -0.05) is 18.2 Å². The molecule has 1 aromatic carbocycles. The van der Waals surface area contributed by atoms with Crippen LogP contribution in [0.25, 0.3) is 0 Å². The number of fused-ring (bicyclic) bond motifs is 1. The minimum absolute atomic E-state index is 0.623. The van der Waals surface area contributed by atoms with Crippen molar-refractivity contribution in [3.8, 4) is 0 Å². The second kappa shape index (κ2) is 3.83. The average molecular weight is 221 g/mol. The molecule has 80 valence electrons. The summed E-state index contributed by atoms with van der Waals surface area (Å²) < 4.78 is 0. The summed E-state index contributed by atoms with van der Waals surface area (Å²) >= 11 is 6.09. The van der Waals surface area contributed by atoms with Gasteiger partial charge < -0.3 is 0 Å². The lowest BCUT2D eigenvalue weighted by Crippen LogP contribution is -2.03. The second-order valence-electron chi connectivity index (χ2n) is 4.98. The predicted octanol–water partition coefficient (Wildman–Crippen LogP) is 3.91. The van der Waals surface area contributed by atoms with E-state index in [1.807, 2.05) is 0 Å². The van der Waals surface area contributed by atoms with Gasteiger partial charge in [0.1, 0.15) is 0 Å². The van der Waals surface area contributed by atoms with Gasteiger partial charge in [-0.05, 0) is 54.7 Å². The molecule has 0 saturated heterocycles. The van der Waals surface area contributed by atoms with Crippen molar-refractivity contribution in [2.75, 3.05) is 5.88 Å². The Morgan fingerprint density at radius 3 is 2.73 bits per heavy atom. The summed E-state index contributed by atoms with van der Waals surface area (Å²) in [6.07, 6.45) is 6.67. The largest absolute Gasteiger partial charge is 0.126 e. The monoisotopic (exact) mass is 220 g/mol. The molecule has 2 aliphatic rings. The van der Waals surface area contributed by atoms with Crippen LogP contribution < -0.4 is 0 Å². The highest BCUT2D eigenvalue weighted by Gasteiger charge is 2.31. The van der Waals surface area contributed by atoms with Gasteiger partial charge in [0.2, 0.25) is 0 Å². The molecule has 0 radical (unpaired) electrons. The maximum Gasteiger partial charge on any atom is 0.0294 e. The summed E-state index contributed by atoms with van der Waals surface area (Å²) in [5.41, 5.74) is 4.65. The van der Waals surface area contributed by atoms with Crippen molar-refractivity contribution in [1.29, 1.82) is 0 Å². The van der Waals surface area contributed by atoms with E-state index in [0.717, 1.165) is 11.8 Å². The van der Waals surface area contributed by atoms with Gasteiger partial charge in [-0.15, -0.1) is 11.6 Å². The number of hydrogen-bond donors (Lipinski definition) is 0. The molecule has 1 saturated carbocycles. The molecule has 0 aliphatic heterocycles. The van der Waals surface area contributed by atoms with E-state index in [4.69, 9.17) is 11.6 Å². The van der Waals surface area contributed by atoms with Crippen molar-refractivity contribution >= 4 is 11.6 Å². The van der Waals surface area contributed by atoms with Crippen LogP contribution in [0.3, 0.4) is 0 Å². The van der Waals surface area contributed by atoms with Gasteiger partial charge in [0.05, 0.1) is 0 Å². The van der Waals surface area contributed by atoms with Crippen LogP contribution in [0.5, 0.6) is 0 Å². The average Bonchev–Trinajstić information content (AvgIpc) is 2.97. The normalized spacial score (nSPS) is 21.4. The number of rotatable bonds is 3. The zero-order chi connectivity index (χ0) is 10.3. The minimum Gasteiger partial charge on any atom is -0.126 e. The molecule has 2 aliphatic carbocycles. The molecular formula is C14H17Cl. The third-order valence-corrected chi connectivity index (χ3v) is 4.24. The Morgan fingerprint density at radius 2 is 2.00 bits per heavy atom. The summed E-state index contributed by atoms with van der Waals surface area (Å²) in [6.45, 7) is 0. The number of benzene rings is 1. The van der Waals surface area contributed by atoms with Gasteiger partial charge >= 0.3 is 0 Å². The lowest BCUT2D eigenvalue weighted by Gasteiger charge is -2.14. The van der Waals surface area contributed by atoms with E-state index < -0.39 is 0 Å². The quantitative estimate of drug-likeness (QED) is 0.678. The fraction of sp³-hybridized carbons (Fsp3) is 0.571. The molecule has 1 fully saturated rings. The fourth-order valence-electron chi connectivity index (χ4n) is 2.81. The fourth-order valence-corrected chi connectivity index (χ4v) is 3.24. The summed E-state index contributed by atoms with van der Waals surface area (Å²) in [5, 5.41) is 0. The molecule has 3 rings (SSSR count). The molecule has 1 atom stereocenters. The second-order valence-corrected chi connectivity index (χ2v) is 5.29. The standard InChI is InChI=1S/C14H17Cl/c15-9-14(11-5-6-11)13-7-4-10-2-1-3-12(10)8-13/h4,7-8,11,14H,1-3,5-6,9H2. The molecule has 15 heavy (non-hydrogen) atoms. The number of alkyl halides is 1. The van der Waals surface area contributed by atoms with E-state index in [9.17, 15) is 0 Å². The first kappa shape index (κ1) is 9.72. The smallest absolute Gasteiger partial charge is 0.0294 e. The minimum atomic E-state index is 0.623. The maximum atomic E-state index is 6.09. The Balaban J connectivity index is 1.90. The summed E-state index contributed by atoms with van der Waals surface area (Å²) in [5.74, 6) is 2.29. The highest BCUT2D eigenvalue weighted by molar-refractivity contribution is 6.18. The molecule has 0 spiro atoms. The van der Waals surface area contributed by atoms with Crippen LogP contribution in [0.2, 0.25) is 0 Å². The Labute approximate surface area is 96.6 Å². The van der Waals surface area contributed by atoms with Crippen LogP contribution in [0.4, 0.5) is 0 Å². The Kier molecular flexibility index (Phi) is 2.48. The zero-order valence-electron chi connectivity index (χ0n) is 9.01. The maximum absolute atomic E-state index is 6.09. The van der Waals surface area contributed by atoms with Crippen LogP contribution >= 0.6 is 11.6 Å². The number of halogens is 1. The molecule has 1 unspecified atom stereocenters. The molecule has 0 heterocycles. The van der Waals surface area contributed by atoms with Crippen molar-refractivity contribution in [1.82, 2.24) is 0 Å². The van der Waals surface area contributed by atoms with E-state index in [0.29, 0.717) is 5.92 Å². The summed E-state index contributed by atoms with van der Waals surface area (Å²) in [4.78, 5) is 0. The Morgan fingerprint density at radius 1 is 1.20 bits per heavy atom. The van der Waals surface area contributed by atoms with Crippen LogP contribution in [0, 0.1) is 5.92 Å². The van der Waals surface area contributed by atoms with Gasteiger partial charge in [0, 0.05) is 11.8 Å². The lowest BCUT2D eigenvalue weighted by molar-refractivity contribution is 0.669. The lowest BCUT2D eigenvalue weighted by atomic mass is 9.93. The van der Waals surface area contributed by atoms with E-state index in [2.05, 4.69) is 18.2 Å². The van der Waals surface area contributed by atoms with E-state index in [1.165, 1.54) is 37.7 Å². The number of hydrogen-bond acceptors (Lipinski definition) is 0. The molecule has 0 bridgehead atoms. The van der Waals surface area contributed by atoms with Gasteiger partial charge in [-0.3, -0.25) is 0 Å². The van der Waals surface area contributed by atoms with E-state index in [1.54, 1.807) is 11.1 Å². The zero-order valence-corrected chi connectivity index (χ0v) is 9.76. The Bertz CT molecular complexity index is 366. The van der Waals surface area contributed by atoms with Gasteiger partial charge in [-0.2, -0.15) is 0 Å². The molecule has 0 N–H and O–H groups in total. The Hall–Kier alpha value is -0.490. The van der Waals surface area contributed by atoms with Crippen molar-refractivity contribution in [3.05, 3.63) is 34.9 Å². The van der Waals surface area contributed by atoms with E-state index >= 15 is 0 Å². The summed E-state index contributed by atoms with van der Waals surface area (Å²) in [6, 6.07) is 7.07. The third-order valence-electron chi connectivity index (χ3n) is 3.91. The van der Waals surface area contributed by atoms with Crippen LogP contribution in [0.15, 0.2) is 18.2 Å². The number of aryl methyl sites for hydroxylation is 2. The van der Waals surface area contributed by atoms with Crippen LogP contribution in [-0.4, -0.2) is 5.88 Å². The SMILES string of the molecule is ClCC(c1ccc2c(c1)CCC2)C1CC1. The first-order chi connectivity index (χ1) is 7.38. The van der Waals surface area contributed by atoms with Crippen LogP contribution in [0.1, 0.15) is 41.9 Å². The highest BCUT2D eigenvalue weighted by atomic mass is 35.5. The molecule has 1 heteroatoms. The molecule has 0 nitrogen and oxygen atoms in total. The first-order valence-corrected chi connectivity index (χ1v) is 6.59. The van der Waals surface area contributed by atoms with Crippen LogP contribution in [-0.2, 0) is 12.8 Å². The van der Waals surface area contributed by atoms with Gasteiger partial charge in [0.25, 0.3) is 0 Å². The van der Waals surface area contributed by atoms with E-state index in [-0.39, 0.29) is 0 Å². The van der Waals surface area contributed by atoms with Crippen molar-refractivity contribution in [3.63, 3.8) is 0 Å². The molecule has 0 aromatic heterocycles. The topological polar surface area (TPSA) is 0 Å². The highest BCUT2D eigenvalue weighted by Crippen LogP contribution is 2.43. The third kappa shape index (κ3) is 1.80. The van der Waals surface area contributed by atoms with Gasteiger partial charge in [0.15, 0.2) is 0 Å². The van der Waals surface area contributed by atoms with Crippen molar-refractivity contribution in [2.45, 2.75) is 38.0 Å². The van der Waals surface area contributed by atoms with Crippen molar-refractivity contribution < 1.29 is 0 Å². The molecule has 1 aromatic rings. The molecule has 0 amide bonds. The van der Waals surface area contributed by atoms with Crippen molar-refractivity contribution in [2.24, 2.45) is 5.92 Å². The van der Waals surface area contributed by atoms with Gasteiger partial charge in [-0.25, -0.2) is 0 Å². The molecular weight excluding hydrogens is 204 g/mol. The first-order valence-electron chi connectivity index (χ1n) is 6.06. The summed E-state index contributed by atoms with van der Waals surface area (Å²) in [7, 11) is 0.